The van der Waals surface area contributed by atoms with E-state index in [2.05, 4.69) is 10.2 Å². The predicted molar refractivity (Wildman–Crippen MR) is 141 cm³/mol. The van der Waals surface area contributed by atoms with Crippen molar-refractivity contribution in [2.24, 2.45) is 0 Å². The minimum atomic E-state index is -1.29. The third-order valence-electron chi connectivity index (χ3n) is 7.67. The second-order valence-corrected chi connectivity index (χ2v) is 10.3. The van der Waals surface area contributed by atoms with Gasteiger partial charge in [0.15, 0.2) is 23.1 Å². The quantitative estimate of drug-likeness (QED) is 0.456. The van der Waals surface area contributed by atoms with E-state index >= 15 is 0 Å². The molecule has 0 spiro atoms. The SMILES string of the molecule is CC1COc2c(F)c(F)cc3c(=O)c(C(=O)NC(CO)C(=O)N4CCN(Cc5ccc6c(c5)OCO6)CC4)cn1c23. The summed E-state index contributed by atoms with van der Waals surface area (Å²) in [5, 5.41) is 12.2. The van der Waals surface area contributed by atoms with Gasteiger partial charge in [-0.1, -0.05) is 6.07 Å². The van der Waals surface area contributed by atoms with Gasteiger partial charge in [-0.2, -0.15) is 4.39 Å². The normalized spacial score (nSPS) is 18.7. The number of aromatic nitrogens is 1. The molecule has 3 aliphatic rings. The fraction of sp³-hybridized carbons (Fsp3) is 0.393. The number of aliphatic hydroxyl groups excluding tert-OH is 1. The van der Waals surface area contributed by atoms with Crippen LogP contribution in [0.1, 0.15) is 28.9 Å². The van der Waals surface area contributed by atoms with Crippen molar-refractivity contribution in [1.29, 1.82) is 0 Å². The number of nitrogens with zero attached hydrogens (tertiary/aromatic N) is 3. The van der Waals surface area contributed by atoms with E-state index in [4.69, 9.17) is 14.2 Å². The second-order valence-electron chi connectivity index (χ2n) is 10.3. The zero-order valence-corrected chi connectivity index (χ0v) is 22.2. The van der Waals surface area contributed by atoms with Crippen molar-refractivity contribution in [2.75, 3.05) is 46.2 Å². The predicted octanol–water partition coefficient (Wildman–Crippen LogP) is 1.40. The van der Waals surface area contributed by atoms with E-state index in [1.807, 2.05) is 18.2 Å². The molecule has 4 heterocycles. The standard InChI is InChI=1S/C28H28F2N4O7/c1-15-13-39-26-23(30)19(29)9-17-24(26)34(15)11-18(25(17)36)27(37)31-20(12-35)28(38)33-6-4-32(5-7-33)10-16-2-3-21-22(8-16)41-14-40-21/h2-3,8-9,11,15,20,35H,4-7,10,12-14H2,1H3,(H,31,37). The van der Waals surface area contributed by atoms with Crippen LogP contribution in [0.25, 0.3) is 10.9 Å². The van der Waals surface area contributed by atoms with E-state index in [0.29, 0.717) is 44.2 Å². The lowest BCUT2D eigenvalue weighted by molar-refractivity contribution is -0.136. The molecule has 2 unspecified atom stereocenters. The Hall–Kier alpha value is -4.23. The first-order valence-corrected chi connectivity index (χ1v) is 13.3. The second kappa shape index (κ2) is 10.6. The molecule has 41 heavy (non-hydrogen) atoms. The zero-order chi connectivity index (χ0) is 28.8. The summed E-state index contributed by atoms with van der Waals surface area (Å²) < 4.78 is 46.2. The number of piperazine rings is 1. The van der Waals surface area contributed by atoms with Crippen molar-refractivity contribution >= 4 is 22.7 Å². The highest BCUT2D eigenvalue weighted by Crippen LogP contribution is 2.35. The summed E-state index contributed by atoms with van der Waals surface area (Å²) >= 11 is 0. The minimum absolute atomic E-state index is 0.00476. The van der Waals surface area contributed by atoms with Gasteiger partial charge in [0.25, 0.3) is 5.91 Å². The molecule has 216 valence electrons. The Balaban J connectivity index is 1.14. The number of aliphatic hydroxyl groups is 1. The number of nitrogens with one attached hydrogen (secondary N) is 1. The van der Waals surface area contributed by atoms with Gasteiger partial charge < -0.3 is 34.1 Å². The van der Waals surface area contributed by atoms with Crippen LogP contribution in [0.5, 0.6) is 17.2 Å². The summed E-state index contributed by atoms with van der Waals surface area (Å²) in [6.07, 6.45) is 1.25. The van der Waals surface area contributed by atoms with Gasteiger partial charge in [-0.25, -0.2) is 4.39 Å². The van der Waals surface area contributed by atoms with Crippen molar-refractivity contribution in [1.82, 2.24) is 19.7 Å². The largest absolute Gasteiger partial charge is 0.486 e. The maximum atomic E-state index is 14.4. The average Bonchev–Trinajstić information content (AvgIpc) is 3.44. The number of hydrogen-bond donors (Lipinski definition) is 2. The maximum Gasteiger partial charge on any atom is 0.257 e. The molecule has 11 nitrogen and oxygen atoms in total. The first-order valence-electron chi connectivity index (χ1n) is 13.3. The molecule has 2 N–H and O–H groups in total. The van der Waals surface area contributed by atoms with Crippen LogP contribution in [-0.4, -0.2) is 83.5 Å². The van der Waals surface area contributed by atoms with Crippen LogP contribution in [0, 0.1) is 11.6 Å². The third kappa shape index (κ3) is 4.84. The van der Waals surface area contributed by atoms with E-state index in [1.54, 1.807) is 11.8 Å². The van der Waals surface area contributed by atoms with Gasteiger partial charge in [0.05, 0.1) is 23.6 Å². The smallest absolute Gasteiger partial charge is 0.257 e. The van der Waals surface area contributed by atoms with E-state index < -0.39 is 41.5 Å². The lowest BCUT2D eigenvalue weighted by atomic mass is 10.1. The topological polar surface area (TPSA) is 123 Å². The van der Waals surface area contributed by atoms with E-state index in [0.717, 1.165) is 11.6 Å². The summed E-state index contributed by atoms with van der Waals surface area (Å²) in [6, 6.07) is 4.82. The van der Waals surface area contributed by atoms with Crippen LogP contribution >= 0.6 is 0 Å². The number of halogens is 2. The van der Waals surface area contributed by atoms with Crippen LogP contribution < -0.4 is 25.0 Å². The van der Waals surface area contributed by atoms with Gasteiger partial charge in [-0.15, -0.1) is 0 Å². The molecule has 1 saturated heterocycles. The highest BCUT2D eigenvalue weighted by atomic mass is 19.2. The highest BCUT2D eigenvalue weighted by molar-refractivity contribution is 6.00. The molecule has 0 saturated carbocycles. The number of carbonyl (C=O) groups is 2. The van der Waals surface area contributed by atoms with Gasteiger partial charge in [0.1, 0.15) is 18.2 Å². The summed E-state index contributed by atoms with van der Waals surface area (Å²) in [4.78, 5) is 43.3. The molecule has 2 aromatic carbocycles. The molecule has 2 amide bonds. The van der Waals surface area contributed by atoms with Gasteiger partial charge >= 0.3 is 0 Å². The van der Waals surface area contributed by atoms with Crippen LogP contribution in [-0.2, 0) is 11.3 Å². The molecule has 13 heteroatoms. The number of carbonyl (C=O) groups excluding carboxylic acids is 2. The van der Waals surface area contributed by atoms with Crippen LogP contribution in [0.3, 0.4) is 0 Å². The molecule has 3 aliphatic heterocycles. The summed E-state index contributed by atoms with van der Waals surface area (Å²) in [5.74, 6) is -2.85. The van der Waals surface area contributed by atoms with Crippen molar-refractivity contribution in [3.8, 4) is 17.2 Å². The van der Waals surface area contributed by atoms with E-state index in [1.165, 1.54) is 10.8 Å². The molecule has 3 aromatic rings. The number of ether oxygens (including phenoxy) is 3. The monoisotopic (exact) mass is 570 g/mol. The third-order valence-corrected chi connectivity index (χ3v) is 7.67. The first-order chi connectivity index (χ1) is 19.7. The molecule has 0 radical (unpaired) electrons. The Morgan fingerprint density at radius 1 is 1.10 bits per heavy atom. The number of hydrogen-bond acceptors (Lipinski definition) is 8. The highest BCUT2D eigenvalue weighted by Gasteiger charge is 2.32. The Labute approximate surface area is 232 Å². The molecule has 1 aromatic heterocycles. The summed E-state index contributed by atoms with van der Waals surface area (Å²) in [6.45, 7) is 3.83. The Kier molecular flexibility index (Phi) is 6.99. The number of fused-ring (bicyclic) bond motifs is 1. The van der Waals surface area contributed by atoms with Crippen molar-refractivity contribution in [2.45, 2.75) is 25.6 Å². The molecule has 0 bridgehead atoms. The molecule has 0 aliphatic carbocycles. The zero-order valence-electron chi connectivity index (χ0n) is 22.2. The Bertz CT molecular complexity index is 1600. The first kappa shape index (κ1) is 27.0. The lowest BCUT2D eigenvalue weighted by Gasteiger charge is -2.36. The van der Waals surface area contributed by atoms with Gasteiger partial charge in [0, 0.05) is 38.9 Å². The number of pyridine rings is 1. The minimum Gasteiger partial charge on any atom is -0.486 e. The fourth-order valence-corrected chi connectivity index (χ4v) is 5.42. The van der Waals surface area contributed by atoms with Gasteiger partial charge in [-0.05, 0) is 30.7 Å². The van der Waals surface area contributed by atoms with Crippen molar-refractivity contribution < 1.29 is 37.7 Å². The lowest BCUT2D eigenvalue weighted by Crippen LogP contribution is -2.56. The molecule has 6 rings (SSSR count). The Morgan fingerprint density at radius 3 is 2.61 bits per heavy atom. The Morgan fingerprint density at radius 2 is 1.85 bits per heavy atom. The number of rotatable bonds is 6. The number of benzene rings is 2. The average molecular weight is 571 g/mol. The molecule has 2 atom stereocenters. The molecular formula is C28H28F2N4O7. The van der Waals surface area contributed by atoms with E-state index in [9.17, 15) is 28.3 Å². The molecular weight excluding hydrogens is 542 g/mol. The van der Waals surface area contributed by atoms with E-state index in [-0.39, 0.29) is 41.7 Å². The summed E-state index contributed by atoms with van der Waals surface area (Å²) in [7, 11) is 0. The maximum absolute atomic E-state index is 14.4. The van der Waals surface area contributed by atoms with Crippen LogP contribution in [0.4, 0.5) is 8.78 Å². The fourth-order valence-electron chi connectivity index (χ4n) is 5.42. The van der Waals surface area contributed by atoms with Crippen LogP contribution in [0.15, 0.2) is 35.3 Å². The van der Waals surface area contributed by atoms with Gasteiger partial charge in [-0.3, -0.25) is 19.3 Å². The van der Waals surface area contributed by atoms with Crippen molar-refractivity contribution in [3.05, 3.63) is 63.4 Å². The van der Waals surface area contributed by atoms with Gasteiger partial charge in [0.2, 0.25) is 23.9 Å². The van der Waals surface area contributed by atoms with Crippen molar-refractivity contribution in [3.63, 3.8) is 0 Å². The summed E-state index contributed by atoms with van der Waals surface area (Å²) in [5.41, 5.74) is -0.0978. The molecule has 1 fully saturated rings. The van der Waals surface area contributed by atoms with Crippen LogP contribution in [0.2, 0.25) is 0 Å². The number of amides is 2.